The largest absolute Gasteiger partial charge is 0.308 e. The van der Waals surface area contributed by atoms with Gasteiger partial charge in [-0.2, -0.15) is 0 Å². The fourth-order valence-corrected chi connectivity index (χ4v) is 3.19. The number of fused-ring (bicyclic) bond motifs is 1. The number of hydrogen-bond acceptors (Lipinski definition) is 3. The van der Waals surface area contributed by atoms with Gasteiger partial charge in [0.05, 0.1) is 6.04 Å². The zero-order chi connectivity index (χ0) is 13.7. The molecule has 1 fully saturated rings. The minimum Gasteiger partial charge on any atom is -0.308 e. The van der Waals surface area contributed by atoms with Crippen LogP contribution in [0.4, 0.5) is 0 Å². The molecule has 4 heteroatoms. The highest BCUT2D eigenvalue weighted by Crippen LogP contribution is 2.42. The van der Waals surface area contributed by atoms with Crippen molar-refractivity contribution in [2.24, 2.45) is 5.92 Å². The first-order valence-corrected chi connectivity index (χ1v) is 7.49. The first-order chi connectivity index (χ1) is 9.75. The Kier molecular flexibility index (Phi) is 2.67. The molecule has 0 radical (unpaired) electrons. The Bertz CT molecular complexity index is 654. The molecule has 4 rings (SSSR count). The first kappa shape index (κ1) is 12.1. The van der Waals surface area contributed by atoms with Crippen LogP contribution < -0.4 is 5.32 Å². The van der Waals surface area contributed by atoms with Crippen molar-refractivity contribution in [2.75, 3.05) is 6.54 Å². The van der Waals surface area contributed by atoms with Crippen molar-refractivity contribution < 1.29 is 0 Å². The van der Waals surface area contributed by atoms with E-state index in [0.717, 1.165) is 30.7 Å². The van der Waals surface area contributed by atoms with Gasteiger partial charge >= 0.3 is 0 Å². The van der Waals surface area contributed by atoms with Crippen LogP contribution >= 0.6 is 0 Å². The minimum atomic E-state index is 0.412. The molecule has 0 amide bonds. The topological polar surface area (TPSA) is 42.7 Å². The normalized spacial score (nSPS) is 21.8. The number of nitrogens with one attached hydrogen (secondary N) is 1. The Hall–Kier alpha value is -1.68. The van der Waals surface area contributed by atoms with E-state index in [4.69, 9.17) is 0 Å². The molecule has 1 aliphatic heterocycles. The number of rotatable bonds is 2. The lowest BCUT2D eigenvalue weighted by Crippen LogP contribution is -2.35. The Morgan fingerprint density at radius 3 is 2.85 bits per heavy atom. The van der Waals surface area contributed by atoms with Crippen LogP contribution in [0.15, 0.2) is 18.2 Å². The van der Waals surface area contributed by atoms with Crippen LogP contribution in [0, 0.1) is 19.8 Å². The molecule has 0 bridgehead atoms. The third-order valence-electron chi connectivity index (χ3n) is 4.70. The number of nitrogens with zero attached hydrogens (tertiary/aromatic N) is 3. The van der Waals surface area contributed by atoms with Crippen molar-refractivity contribution in [2.45, 2.75) is 39.3 Å². The molecule has 2 heterocycles. The van der Waals surface area contributed by atoms with Gasteiger partial charge in [-0.05, 0) is 43.7 Å². The summed E-state index contributed by atoms with van der Waals surface area (Å²) >= 11 is 0. The number of hydrogen-bond donors (Lipinski definition) is 1. The summed E-state index contributed by atoms with van der Waals surface area (Å²) < 4.78 is 2.32. The molecule has 1 unspecified atom stereocenters. The van der Waals surface area contributed by atoms with Crippen LogP contribution in [0.2, 0.25) is 0 Å². The molecule has 0 saturated heterocycles. The Balaban J connectivity index is 1.82. The van der Waals surface area contributed by atoms with Crippen molar-refractivity contribution in [3.8, 4) is 11.4 Å². The molecule has 20 heavy (non-hydrogen) atoms. The monoisotopic (exact) mass is 268 g/mol. The molecule has 0 spiro atoms. The Labute approximate surface area is 119 Å². The van der Waals surface area contributed by atoms with Gasteiger partial charge < -0.3 is 9.88 Å². The lowest BCUT2D eigenvalue weighted by Gasteiger charge is -2.25. The Morgan fingerprint density at radius 1 is 1.20 bits per heavy atom. The van der Waals surface area contributed by atoms with Crippen molar-refractivity contribution in [3.63, 3.8) is 0 Å². The van der Waals surface area contributed by atoms with Crippen LogP contribution in [0.25, 0.3) is 11.4 Å². The van der Waals surface area contributed by atoms with E-state index in [2.05, 4.69) is 52.1 Å². The van der Waals surface area contributed by atoms with Gasteiger partial charge in [0.25, 0.3) is 0 Å². The molecule has 2 aliphatic rings. The van der Waals surface area contributed by atoms with E-state index >= 15 is 0 Å². The molecule has 1 saturated carbocycles. The summed E-state index contributed by atoms with van der Waals surface area (Å²) in [6.07, 6.45) is 2.65. The van der Waals surface area contributed by atoms with E-state index in [1.165, 1.54) is 29.5 Å². The highest BCUT2D eigenvalue weighted by atomic mass is 15.3. The minimum absolute atomic E-state index is 0.412. The number of benzene rings is 1. The highest BCUT2D eigenvalue weighted by molar-refractivity contribution is 5.62. The summed E-state index contributed by atoms with van der Waals surface area (Å²) in [5.74, 6) is 2.94. The molecule has 1 aromatic carbocycles. The van der Waals surface area contributed by atoms with Gasteiger partial charge in [-0.25, -0.2) is 0 Å². The second-order valence-corrected chi connectivity index (χ2v) is 6.05. The van der Waals surface area contributed by atoms with E-state index in [9.17, 15) is 0 Å². The standard InChI is InChI=1S/C16H20N4/c1-10-4-3-5-13(11(10)2)15-18-19-16-14(12-6-7-12)17-8-9-20(15)16/h3-5,12,14,17H,6-9H2,1-2H3. The van der Waals surface area contributed by atoms with Crippen LogP contribution in [0.3, 0.4) is 0 Å². The second-order valence-electron chi connectivity index (χ2n) is 6.05. The number of aromatic nitrogens is 3. The molecule has 104 valence electrons. The zero-order valence-electron chi connectivity index (χ0n) is 12.1. The summed E-state index contributed by atoms with van der Waals surface area (Å²) in [7, 11) is 0. The zero-order valence-corrected chi connectivity index (χ0v) is 12.1. The van der Waals surface area contributed by atoms with Gasteiger partial charge in [0, 0.05) is 18.7 Å². The average Bonchev–Trinajstić information content (AvgIpc) is 3.21. The second kappa shape index (κ2) is 4.42. The van der Waals surface area contributed by atoms with E-state index < -0.39 is 0 Å². The van der Waals surface area contributed by atoms with Gasteiger partial charge in [0.15, 0.2) is 11.6 Å². The molecular formula is C16H20N4. The maximum atomic E-state index is 4.50. The van der Waals surface area contributed by atoms with Gasteiger partial charge in [0.1, 0.15) is 0 Å². The smallest absolute Gasteiger partial charge is 0.164 e. The average molecular weight is 268 g/mol. The van der Waals surface area contributed by atoms with Gasteiger partial charge in [-0.3, -0.25) is 0 Å². The first-order valence-electron chi connectivity index (χ1n) is 7.49. The molecular weight excluding hydrogens is 248 g/mol. The van der Waals surface area contributed by atoms with Crippen molar-refractivity contribution in [3.05, 3.63) is 35.2 Å². The summed E-state index contributed by atoms with van der Waals surface area (Å²) in [6.45, 7) is 6.31. The van der Waals surface area contributed by atoms with E-state index in [0.29, 0.717) is 6.04 Å². The van der Waals surface area contributed by atoms with Crippen molar-refractivity contribution in [1.82, 2.24) is 20.1 Å². The molecule has 1 atom stereocenters. The third kappa shape index (κ3) is 1.79. The fourth-order valence-electron chi connectivity index (χ4n) is 3.19. The molecule has 1 aromatic heterocycles. The summed E-state index contributed by atoms with van der Waals surface area (Å²) in [6, 6.07) is 6.84. The van der Waals surface area contributed by atoms with Crippen molar-refractivity contribution in [1.29, 1.82) is 0 Å². The van der Waals surface area contributed by atoms with Crippen LogP contribution in [-0.4, -0.2) is 21.3 Å². The van der Waals surface area contributed by atoms with E-state index in [1.54, 1.807) is 0 Å². The van der Waals surface area contributed by atoms with Gasteiger partial charge in [-0.1, -0.05) is 18.2 Å². The fraction of sp³-hybridized carbons (Fsp3) is 0.500. The summed E-state index contributed by atoms with van der Waals surface area (Å²) in [5.41, 5.74) is 3.84. The van der Waals surface area contributed by atoms with Crippen LogP contribution in [0.1, 0.15) is 35.8 Å². The highest BCUT2D eigenvalue weighted by Gasteiger charge is 2.37. The lowest BCUT2D eigenvalue weighted by atomic mass is 10.0. The predicted octanol–water partition coefficient (Wildman–Crippen LogP) is 2.62. The summed E-state index contributed by atoms with van der Waals surface area (Å²) in [4.78, 5) is 0. The third-order valence-corrected chi connectivity index (χ3v) is 4.70. The van der Waals surface area contributed by atoms with Gasteiger partial charge in [-0.15, -0.1) is 10.2 Å². The quantitative estimate of drug-likeness (QED) is 0.910. The summed E-state index contributed by atoms with van der Waals surface area (Å²) in [5, 5.41) is 12.6. The van der Waals surface area contributed by atoms with Crippen LogP contribution in [0.5, 0.6) is 0 Å². The van der Waals surface area contributed by atoms with Crippen molar-refractivity contribution >= 4 is 0 Å². The molecule has 4 nitrogen and oxygen atoms in total. The SMILES string of the molecule is Cc1cccc(-c2nnc3n2CCNC3C2CC2)c1C. The van der Waals surface area contributed by atoms with E-state index in [1.807, 2.05) is 0 Å². The maximum Gasteiger partial charge on any atom is 0.164 e. The predicted molar refractivity (Wildman–Crippen MR) is 78.4 cm³/mol. The molecule has 1 aliphatic carbocycles. The maximum absolute atomic E-state index is 4.50. The molecule has 2 aromatic rings. The number of aryl methyl sites for hydroxylation is 1. The Morgan fingerprint density at radius 2 is 2.05 bits per heavy atom. The van der Waals surface area contributed by atoms with E-state index in [-0.39, 0.29) is 0 Å². The van der Waals surface area contributed by atoms with Crippen LogP contribution in [-0.2, 0) is 6.54 Å². The molecule has 1 N–H and O–H groups in total. The lowest BCUT2D eigenvalue weighted by molar-refractivity contribution is 0.383. The van der Waals surface area contributed by atoms with Gasteiger partial charge in [0.2, 0.25) is 0 Å².